The van der Waals surface area contributed by atoms with Gasteiger partial charge < -0.3 is 20.2 Å². The van der Waals surface area contributed by atoms with Crippen molar-refractivity contribution in [3.63, 3.8) is 0 Å². The molecule has 0 unspecified atom stereocenters. The highest BCUT2D eigenvalue weighted by Crippen LogP contribution is 2.17. The van der Waals surface area contributed by atoms with Gasteiger partial charge in [-0.1, -0.05) is 0 Å². The van der Waals surface area contributed by atoms with Crippen molar-refractivity contribution in [2.24, 2.45) is 11.6 Å². The van der Waals surface area contributed by atoms with Crippen LogP contribution in [0.1, 0.15) is 34.1 Å². The predicted octanol–water partition coefficient (Wildman–Crippen LogP) is 0.731. The zero-order chi connectivity index (χ0) is 14.2. The molecule has 0 saturated carbocycles. The molecule has 0 aliphatic carbocycles. The van der Waals surface area contributed by atoms with Crippen molar-refractivity contribution in [1.82, 2.24) is 5.01 Å². The summed E-state index contributed by atoms with van der Waals surface area (Å²) in [6.07, 6.45) is 2.21. The average Bonchev–Trinajstić information content (AvgIpc) is 2.23. The van der Waals surface area contributed by atoms with Crippen LogP contribution in [0.2, 0.25) is 0 Å². The Morgan fingerprint density at radius 1 is 1.44 bits per heavy atom. The lowest BCUT2D eigenvalue weighted by molar-refractivity contribution is -0.143. The van der Waals surface area contributed by atoms with Gasteiger partial charge in [0.1, 0.15) is 13.4 Å². The molecule has 0 saturated heterocycles. The fraction of sp³-hybridized carbons (Fsp3) is 0.750. The maximum Gasteiger partial charge on any atom is 0.155 e. The van der Waals surface area contributed by atoms with Gasteiger partial charge in [0.25, 0.3) is 0 Å². The van der Waals surface area contributed by atoms with Gasteiger partial charge in [0.15, 0.2) is 5.78 Å². The average molecular weight is 259 g/mol. The number of carbonyl (C=O) groups excluding carboxylic acids is 1. The normalized spacial score (nSPS) is 12.6. The highest BCUT2D eigenvalue weighted by molar-refractivity contribution is 5.76. The molecule has 0 aromatic carbocycles. The van der Waals surface area contributed by atoms with Gasteiger partial charge in [0.2, 0.25) is 0 Å². The summed E-state index contributed by atoms with van der Waals surface area (Å²) in [7, 11) is 0. The van der Waals surface area contributed by atoms with E-state index in [0.717, 1.165) is 0 Å². The molecular formula is C12H25N3O3. The fourth-order valence-corrected chi connectivity index (χ4v) is 1.28. The van der Waals surface area contributed by atoms with E-state index in [2.05, 4.69) is 0 Å². The molecule has 106 valence electrons. The third-order valence-corrected chi connectivity index (χ3v) is 2.16. The molecule has 0 amide bonds. The quantitative estimate of drug-likeness (QED) is 0.274. The van der Waals surface area contributed by atoms with Crippen LogP contribution in [0, 0.1) is 0 Å². The van der Waals surface area contributed by atoms with E-state index in [1.54, 1.807) is 6.20 Å². The summed E-state index contributed by atoms with van der Waals surface area (Å²) < 4.78 is 10.6. The molecule has 0 fully saturated rings. The van der Waals surface area contributed by atoms with Crippen LogP contribution in [-0.2, 0) is 14.3 Å². The number of hydrogen-bond acceptors (Lipinski definition) is 6. The molecule has 0 spiro atoms. The third-order valence-electron chi connectivity index (χ3n) is 2.16. The number of carbonyl (C=O) groups is 1. The number of hydrogen-bond donors (Lipinski definition) is 2. The van der Waals surface area contributed by atoms with Crippen molar-refractivity contribution in [2.45, 2.75) is 39.7 Å². The van der Waals surface area contributed by atoms with Crippen LogP contribution in [-0.4, -0.2) is 36.3 Å². The van der Waals surface area contributed by atoms with Crippen LogP contribution in [0.4, 0.5) is 0 Å². The molecular weight excluding hydrogens is 234 g/mol. The Morgan fingerprint density at radius 3 is 2.56 bits per heavy atom. The Morgan fingerprint density at radius 2 is 2.06 bits per heavy atom. The van der Waals surface area contributed by atoms with Gasteiger partial charge in [0.05, 0.1) is 5.60 Å². The Labute approximate surface area is 109 Å². The number of hydrazine groups is 1. The van der Waals surface area contributed by atoms with Crippen LogP contribution in [0.15, 0.2) is 11.9 Å². The maximum absolute atomic E-state index is 10.7. The summed E-state index contributed by atoms with van der Waals surface area (Å²) >= 11 is 0. The van der Waals surface area contributed by atoms with E-state index in [1.165, 1.54) is 11.9 Å². The summed E-state index contributed by atoms with van der Waals surface area (Å²) in [4.78, 5) is 10.7. The number of Topliss-reactive ketones (excluding diaryl/α,β-unsaturated/α-hetero) is 1. The van der Waals surface area contributed by atoms with E-state index in [4.69, 9.17) is 21.1 Å². The van der Waals surface area contributed by atoms with Crippen molar-refractivity contribution in [1.29, 1.82) is 0 Å². The van der Waals surface area contributed by atoms with Crippen LogP contribution in [0.5, 0.6) is 0 Å². The highest BCUT2D eigenvalue weighted by atomic mass is 16.7. The van der Waals surface area contributed by atoms with Gasteiger partial charge in [-0.2, -0.15) is 0 Å². The van der Waals surface area contributed by atoms with Gasteiger partial charge in [-0.05, 0) is 27.7 Å². The lowest BCUT2D eigenvalue weighted by Gasteiger charge is -2.25. The molecule has 0 atom stereocenters. The molecule has 0 aliphatic rings. The summed E-state index contributed by atoms with van der Waals surface area (Å²) in [6, 6.07) is 0. The van der Waals surface area contributed by atoms with E-state index >= 15 is 0 Å². The lowest BCUT2D eigenvalue weighted by Crippen LogP contribution is -2.31. The van der Waals surface area contributed by atoms with Crippen molar-refractivity contribution in [3.8, 4) is 0 Å². The minimum Gasteiger partial charge on any atom is -0.401 e. The van der Waals surface area contributed by atoms with E-state index < -0.39 is 5.60 Å². The molecule has 0 bridgehead atoms. The summed E-state index contributed by atoms with van der Waals surface area (Å²) in [6.45, 7) is 8.01. The molecule has 0 rings (SSSR count). The smallest absolute Gasteiger partial charge is 0.155 e. The van der Waals surface area contributed by atoms with Crippen LogP contribution in [0.3, 0.4) is 0 Å². The first kappa shape index (κ1) is 16.9. The van der Waals surface area contributed by atoms with Gasteiger partial charge >= 0.3 is 0 Å². The van der Waals surface area contributed by atoms with E-state index in [-0.39, 0.29) is 19.2 Å². The molecule has 4 N–H and O–H groups in total. The van der Waals surface area contributed by atoms with Crippen LogP contribution < -0.4 is 11.6 Å². The molecule has 6 heteroatoms. The molecule has 0 radical (unpaired) electrons. The standard InChI is InChI=1S/C12H25N3O3/c1-5-15(14)7-11(13)6-12(3,4)18-9-17-8-10(2)16/h7H,5-6,8-9,13-14H2,1-4H3/b11-7-. The second-order valence-corrected chi connectivity index (χ2v) is 4.78. The van der Waals surface area contributed by atoms with Crippen LogP contribution >= 0.6 is 0 Å². The van der Waals surface area contributed by atoms with Crippen LogP contribution in [0.25, 0.3) is 0 Å². The minimum absolute atomic E-state index is 0.0301. The first-order valence-electron chi connectivity index (χ1n) is 5.95. The largest absolute Gasteiger partial charge is 0.401 e. The monoisotopic (exact) mass is 259 g/mol. The van der Waals surface area contributed by atoms with E-state index in [0.29, 0.717) is 18.7 Å². The maximum atomic E-state index is 10.7. The van der Waals surface area contributed by atoms with Gasteiger partial charge in [-0.25, -0.2) is 5.84 Å². The molecule has 0 heterocycles. The first-order valence-corrected chi connectivity index (χ1v) is 5.95. The Kier molecular flexibility index (Phi) is 7.58. The zero-order valence-electron chi connectivity index (χ0n) is 11.7. The molecule has 0 aliphatic heterocycles. The van der Waals surface area contributed by atoms with Gasteiger partial charge in [0, 0.05) is 24.9 Å². The molecule has 0 aromatic rings. The second kappa shape index (κ2) is 8.07. The molecule has 6 nitrogen and oxygen atoms in total. The second-order valence-electron chi connectivity index (χ2n) is 4.78. The zero-order valence-corrected chi connectivity index (χ0v) is 11.7. The summed E-state index contributed by atoms with van der Waals surface area (Å²) in [5.74, 6) is 5.59. The lowest BCUT2D eigenvalue weighted by atomic mass is 10.0. The Hall–Kier alpha value is -1.11. The van der Waals surface area contributed by atoms with Crippen molar-refractivity contribution >= 4 is 5.78 Å². The SMILES string of the molecule is CCN(N)/C=C(\N)CC(C)(C)OCOCC(C)=O. The van der Waals surface area contributed by atoms with Gasteiger partial charge in [-0.3, -0.25) is 4.79 Å². The Bertz CT molecular complexity index is 290. The van der Waals surface area contributed by atoms with Crippen molar-refractivity contribution in [3.05, 3.63) is 11.9 Å². The number of ether oxygens (including phenoxy) is 2. The fourth-order valence-electron chi connectivity index (χ4n) is 1.28. The molecule has 0 aromatic heterocycles. The molecule has 18 heavy (non-hydrogen) atoms. The number of nitrogens with two attached hydrogens (primary N) is 2. The number of rotatable bonds is 9. The predicted molar refractivity (Wildman–Crippen MR) is 70.1 cm³/mol. The summed E-state index contributed by atoms with van der Waals surface area (Å²) in [5.41, 5.74) is 6.02. The number of nitrogens with zero attached hydrogens (tertiary/aromatic N) is 1. The Balaban J connectivity index is 4.05. The topological polar surface area (TPSA) is 90.8 Å². The van der Waals surface area contributed by atoms with Gasteiger partial charge in [-0.15, -0.1) is 0 Å². The van der Waals surface area contributed by atoms with Crippen molar-refractivity contribution < 1.29 is 14.3 Å². The van der Waals surface area contributed by atoms with Crippen molar-refractivity contribution in [2.75, 3.05) is 19.9 Å². The summed E-state index contributed by atoms with van der Waals surface area (Å²) in [5, 5.41) is 1.51. The van der Waals surface area contributed by atoms with E-state index in [9.17, 15) is 4.79 Å². The number of ketones is 1. The first-order chi connectivity index (χ1) is 8.26. The minimum atomic E-state index is -0.466. The van der Waals surface area contributed by atoms with E-state index in [1.807, 2.05) is 20.8 Å². The highest BCUT2D eigenvalue weighted by Gasteiger charge is 2.19. The third kappa shape index (κ3) is 8.98.